The molecule has 6 rings (SSSR count). The summed E-state index contributed by atoms with van der Waals surface area (Å²) in [4.78, 5) is 54.7. The van der Waals surface area contributed by atoms with Gasteiger partial charge in [0.1, 0.15) is 17.5 Å². The molecule has 3 aromatic carbocycles. The van der Waals surface area contributed by atoms with Crippen LogP contribution < -0.4 is 15.1 Å². The van der Waals surface area contributed by atoms with E-state index < -0.39 is 58.0 Å². The Balaban J connectivity index is 1.39. The summed E-state index contributed by atoms with van der Waals surface area (Å²) in [5.74, 6) is -3.81. The Morgan fingerprint density at radius 1 is 0.977 bits per heavy atom. The maximum absolute atomic E-state index is 13.9. The maximum Gasteiger partial charge on any atom is 0.416 e. The number of thioether (sulfide) groups is 1. The van der Waals surface area contributed by atoms with Crippen LogP contribution in [0.5, 0.6) is 5.75 Å². The zero-order valence-corrected chi connectivity index (χ0v) is 24.1. The number of nitrogens with zero attached hydrogens (tertiary/aromatic N) is 2. The van der Waals surface area contributed by atoms with Crippen molar-refractivity contribution in [1.29, 1.82) is 0 Å². The molecule has 220 valence electrons. The highest BCUT2D eigenvalue weighted by atomic mass is 35.5. The van der Waals surface area contributed by atoms with E-state index in [4.69, 9.17) is 11.6 Å². The van der Waals surface area contributed by atoms with Gasteiger partial charge in [0.15, 0.2) is 0 Å². The lowest BCUT2D eigenvalue weighted by molar-refractivity contribution is -0.137. The number of halogens is 4. The molecule has 14 heteroatoms. The first-order valence-electron chi connectivity index (χ1n) is 12.7. The largest absolute Gasteiger partial charge is 0.508 e. The third kappa shape index (κ3) is 5.21. The van der Waals surface area contributed by atoms with Crippen molar-refractivity contribution in [2.45, 2.75) is 28.9 Å². The summed E-state index contributed by atoms with van der Waals surface area (Å²) in [6.45, 7) is -0.554. The number of hydrogen-bond acceptors (Lipinski definition) is 7. The predicted molar refractivity (Wildman–Crippen MR) is 156 cm³/mol. The number of carbonyl (C=O) groups is 3. The first kappa shape index (κ1) is 29.0. The Kier molecular flexibility index (Phi) is 7.35. The normalized spacial score (nSPS) is 19.7. The molecule has 0 saturated carbocycles. The molecule has 2 aliphatic heterocycles. The number of aromatic nitrogens is 1. The summed E-state index contributed by atoms with van der Waals surface area (Å²) in [7, 11) is 0. The molecule has 1 aromatic heterocycles. The molecule has 0 bridgehead atoms. The Morgan fingerprint density at radius 3 is 2.40 bits per heavy atom. The summed E-state index contributed by atoms with van der Waals surface area (Å²) in [6.07, 6.45) is -4.61. The number of fused-ring (bicyclic) bond motifs is 2. The molecular formula is C29H19ClF3N3O5S2. The van der Waals surface area contributed by atoms with Gasteiger partial charge in [0, 0.05) is 27.1 Å². The van der Waals surface area contributed by atoms with Crippen molar-refractivity contribution in [3.8, 4) is 5.75 Å². The summed E-state index contributed by atoms with van der Waals surface area (Å²) in [5.41, 5.74) is -0.407. The van der Waals surface area contributed by atoms with Crippen LogP contribution in [0, 0.1) is 5.92 Å². The Bertz CT molecular complexity index is 1840. The van der Waals surface area contributed by atoms with Gasteiger partial charge in [-0.2, -0.15) is 13.2 Å². The van der Waals surface area contributed by atoms with E-state index in [1.54, 1.807) is 42.5 Å². The second-order valence-corrected chi connectivity index (χ2v) is 12.4. The van der Waals surface area contributed by atoms with Crippen LogP contribution in [0.1, 0.15) is 21.9 Å². The van der Waals surface area contributed by atoms with Crippen molar-refractivity contribution >= 4 is 63.8 Å². The monoisotopic (exact) mass is 645 g/mol. The van der Waals surface area contributed by atoms with Crippen LogP contribution in [-0.2, 0) is 27.1 Å². The third-order valence-corrected chi connectivity index (χ3v) is 10.0. The molecule has 1 fully saturated rings. The second kappa shape index (κ2) is 10.9. The molecule has 2 unspecified atom stereocenters. The lowest BCUT2D eigenvalue weighted by Crippen LogP contribution is -2.33. The summed E-state index contributed by atoms with van der Waals surface area (Å²) < 4.78 is 40.6. The molecule has 3 atom stereocenters. The fourth-order valence-corrected chi connectivity index (χ4v) is 8.19. The molecule has 8 nitrogen and oxygen atoms in total. The van der Waals surface area contributed by atoms with E-state index in [0.29, 0.717) is 21.2 Å². The highest BCUT2D eigenvalue weighted by Gasteiger charge is 2.57. The molecule has 0 radical (unpaired) electrons. The van der Waals surface area contributed by atoms with Crippen LogP contribution >= 0.6 is 34.7 Å². The first-order chi connectivity index (χ1) is 20.4. The van der Waals surface area contributed by atoms with E-state index in [1.165, 1.54) is 12.1 Å². The molecule has 0 aliphatic carbocycles. The van der Waals surface area contributed by atoms with Crippen LogP contribution in [0.15, 0.2) is 82.6 Å². The lowest BCUT2D eigenvalue weighted by atomic mass is 9.82. The summed E-state index contributed by atoms with van der Waals surface area (Å²) >= 11 is 7.75. The number of anilines is 2. The van der Waals surface area contributed by atoms with Crippen molar-refractivity contribution in [3.63, 3.8) is 0 Å². The van der Waals surface area contributed by atoms with E-state index >= 15 is 0 Å². The van der Waals surface area contributed by atoms with Gasteiger partial charge in [0.05, 0.1) is 22.2 Å². The minimum atomic E-state index is -4.61. The summed E-state index contributed by atoms with van der Waals surface area (Å²) in [6, 6.07) is 16.6. The van der Waals surface area contributed by atoms with Gasteiger partial charge in [-0.05, 0) is 48.5 Å². The van der Waals surface area contributed by atoms with Crippen LogP contribution in [0.25, 0.3) is 0 Å². The van der Waals surface area contributed by atoms with Gasteiger partial charge in [-0.3, -0.25) is 23.7 Å². The van der Waals surface area contributed by atoms with Crippen molar-refractivity contribution in [1.82, 2.24) is 4.57 Å². The van der Waals surface area contributed by atoms with Gasteiger partial charge < -0.3 is 10.4 Å². The molecule has 4 aromatic rings. The maximum atomic E-state index is 13.9. The van der Waals surface area contributed by atoms with Crippen LogP contribution in [-0.4, -0.2) is 32.6 Å². The zero-order valence-electron chi connectivity index (χ0n) is 21.7. The van der Waals surface area contributed by atoms with Gasteiger partial charge in [0.25, 0.3) is 0 Å². The van der Waals surface area contributed by atoms with Crippen LogP contribution in [0.3, 0.4) is 0 Å². The van der Waals surface area contributed by atoms with E-state index in [1.807, 2.05) is 0 Å². The quantitative estimate of drug-likeness (QED) is 0.269. The van der Waals surface area contributed by atoms with E-state index in [0.717, 1.165) is 50.8 Å². The Hall–Kier alpha value is -4.07. The SMILES string of the molecule is O=C(Cn1c2c(sc1=O)[C@@H](c1ccccc1O)C1C(=O)N(c3ccc(Cl)cc3)C(=O)C1S2)Nc1cccc(C(F)(F)F)c1. The van der Waals surface area contributed by atoms with E-state index in [9.17, 15) is 37.5 Å². The average Bonchev–Trinajstić information content (AvgIpc) is 3.40. The third-order valence-electron chi connectivity index (χ3n) is 7.18. The van der Waals surface area contributed by atoms with E-state index in [2.05, 4.69) is 5.32 Å². The lowest BCUT2D eigenvalue weighted by Gasteiger charge is -2.31. The first-order valence-corrected chi connectivity index (χ1v) is 14.8. The van der Waals surface area contributed by atoms with E-state index in [-0.39, 0.29) is 16.5 Å². The number of imide groups is 1. The minimum absolute atomic E-state index is 0.105. The smallest absolute Gasteiger partial charge is 0.416 e. The van der Waals surface area contributed by atoms with Gasteiger partial charge in [0.2, 0.25) is 17.7 Å². The molecule has 1 saturated heterocycles. The minimum Gasteiger partial charge on any atom is -0.508 e. The number of carbonyl (C=O) groups excluding carboxylic acids is 3. The number of thiazole rings is 1. The van der Waals surface area contributed by atoms with Crippen molar-refractivity contribution < 1.29 is 32.7 Å². The standard InChI is InChI=1S/C29H19ClF3N3O5S2/c30-15-8-10-17(11-9-15)36-25(39)22-21(18-6-1-2-7-19(18)37)24-27(42-23(22)26(36)40)35(28(41)43-24)13-20(38)34-16-5-3-4-14(12-16)29(31,32)33/h1-12,21-23,37H,13H2,(H,34,38)/t21-,22?,23?/m0/s1. The zero-order chi connectivity index (χ0) is 30.6. The fourth-order valence-electron chi connectivity index (χ4n) is 5.30. The molecule has 0 spiro atoms. The van der Waals surface area contributed by atoms with Gasteiger partial charge in [-0.15, -0.1) is 0 Å². The molecular weight excluding hydrogens is 627 g/mol. The number of alkyl halides is 3. The number of nitrogens with one attached hydrogen (secondary N) is 1. The number of benzene rings is 3. The number of para-hydroxylation sites is 1. The average molecular weight is 646 g/mol. The Morgan fingerprint density at radius 2 is 1.70 bits per heavy atom. The molecule has 2 N–H and O–H groups in total. The van der Waals surface area contributed by atoms with Gasteiger partial charge >= 0.3 is 11.0 Å². The predicted octanol–water partition coefficient (Wildman–Crippen LogP) is 5.72. The number of rotatable bonds is 5. The highest BCUT2D eigenvalue weighted by molar-refractivity contribution is 8.00. The fraction of sp³-hybridized carbons (Fsp3) is 0.172. The number of phenols is 1. The second-order valence-electron chi connectivity index (χ2n) is 9.84. The highest BCUT2D eigenvalue weighted by Crippen LogP contribution is 2.55. The van der Waals surface area contributed by atoms with Gasteiger partial charge in [-0.25, -0.2) is 4.90 Å². The van der Waals surface area contributed by atoms with Crippen LogP contribution in [0.2, 0.25) is 5.02 Å². The topological polar surface area (TPSA) is 109 Å². The number of aromatic hydroxyl groups is 1. The number of phenolic OH excluding ortho intramolecular Hbond substituents is 1. The van der Waals surface area contributed by atoms with Crippen molar-refractivity contribution in [2.24, 2.45) is 5.92 Å². The number of amides is 3. The Labute approximate surface area is 254 Å². The molecule has 2 aliphatic rings. The van der Waals surface area contributed by atoms with Crippen molar-refractivity contribution in [2.75, 3.05) is 10.2 Å². The van der Waals surface area contributed by atoms with Gasteiger partial charge in [-0.1, -0.05) is 59.0 Å². The van der Waals surface area contributed by atoms with Crippen molar-refractivity contribution in [3.05, 3.63) is 103 Å². The molecule has 43 heavy (non-hydrogen) atoms. The molecule has 3 heterocycles. The number of hydrogen-bond donors (Lipinski definition) is 2. The van der Waals surface area contributed by atoms with Crippen LogP contribution in [0.4, 0.5) is 24.5 Å². The summed E-state index contributed by atoms with van der Waals surface area (Å²) in [5, 5.41) is 12.9. The molecule has 3 amide bonds.